The van der Waals surface area contributed by atoms with Crippen molar-refractivity contribution in [2.24, 2.45) is 0 Å². The molecular weight excluding hydrogens is 204 g/mol. The maximum absolute atomic E-state index is 2.35. The normalized spacial score (nSPS) is 16.3. The maximum atomic E-state index is 2.35. The van der Waals surface area contributed by atoms with Gasteiger partial charge in [0.25, 0.3) is 0 Å². The molecule has 0 unspecified atom stereocenters. The monoisotopic (exact) mass is 224 g/mol. The van der Waals surface area contributed by atoms with Gasteiger partial charge in [0.2, 0.25) is 0 Å². The highest BCUT2D eigenvalue weighted by Gasteiger charge is 2.18. The van der Waals surface area contributed by atoms with Crippen LogP contribution in [0.1, 0.15) is 56.1 Å². The van der Waals surface area contributed by atoms with Crippen molar-refractivity contribution in [1.82, 2.24) is 0 Å². The molecule has 0 N–H and O–H groups in total. The molecule has 1 aliphatic rings. The lowest BCUT2D eigenvalue weighted by molar-refractivity contribution is 0.708. The summed E-state index contributed by atoms with van der Waals surface area (Å²) in [7, 11) is 0. The van der Waals surface area contributed by atoms with Crippen LogP contribution in [-0.4, -0.2) is 0 Å². The number of benzene rings is 1. The van der Waals surface area contributed by atoms with Gasteiger partial charge in [-0.3, -0.25) is 0 Å². The van der Waals surface area contributed by atoms with E-state index in [1.54, 1.807) is 11.1 Å². The zero-order chi connectivity index (χ0) is 9.80. The van der Waals surface area contributed by atoms with Crippen LogP contribution in [0.5, 0.6) is 0 Å². The second-order valence-electron chi connectivity index (χ2n) is 4.43. The average Bonchev–Trinajstić information content (AvgIpc) is 2.72. The predicted molar refractivity (Wildman–Crippen MR) is 68.9 cm³/mol. The minimum absolute atomic E-state index is 0. The minimum atomic E-state index is 0. The van der Waals surface area contributed by atoms with E-state index in [4.69, 9.17) is 0 Å². The number of hydrogen-bond donors (Lipinski definition) is 0. The summed E-state index contributed by atoms with van der Waals surface area (Å²) in [5.41, 5.74) is 3.24. The fourth-order valence-corrected chi connectivity index (χ4v) is 2.67. The van der Waals surface area contributed by atoms with Crippen molar-refractivity contribution in [1.29, 1.82) is 0 Å². The van der Waals surface area contributed by atoms with Crippen LogP contribution in [0.2, 0.25) is 0 Å². The van der Waals surface area contributed by atoms with E-state index in [9.17, 15) is 0 Å². The number of halogens is 1. The largest absolute Gasteiger partial charge is 0.147 e. The van der Waals surface area contributed by atoms with Gasteiger partial charge in [-0.1, -0.05) is 50.5 Å². The lowest BCUT2D eigenvalue weighted by atomic mass is 9.91. The Labute approximate surface area is 99.5 Å². The molecule has 1 aliphatic carbocycles. The summed E-state index contributed by atoms with van der Waals surface area (Å²) in [5.74, 6) is 0.873. The first-order chi connectivity index (χ1) is 6.92. The standard InChI is InChI=1S/C14H20.ClH/c1-2-7-12-8-5-6-11-14(12)13-9-3-4-10-13;/h5-6,8,11,13H,2-4,7,9-10H2,1H3;1H. The van der Waals surface area contributed by atoms with Crippen LogP contribution in [0.3, 0.4) is 0 Å². The molecule has 15 heavy (non-hydrogen) atoms. The smallest absolute Gasteiger partial charge is 0.0159 e. The highest BCUT2D eigenvalue weighted by Crippen LogP contribution is 2.35. The van der Waals surface area contributed by atoms with E-state index in [0.717, 1.165) is 5.92 Å². The zero-order valence-corrected chi connectivity index (χ0v) is 10.4. The van der Waals surface area contributed by atoms with Crippen LogP contribution in [0.4, 0.5) is 0 Å². The number of hydrogen-bond acceptors (Lipinski definition) is 0. The molecule has 0 nitrogen and oxygen atoms in total. The molecule has 0 atom stereocenters. The molecule has 0 bridgehead atoms. The van der Waals surface area contributed by atoms with E-state index in [1.165, 1.54) is 38.5 Å². The van der Waals surface area contributed by atoms with Crippen molar-refractivity contribution in [2.75, 3.05) is 0 Å². The SMILES string of the molecule is CCCc1ccccc1C1CCCC1.Cl. The molecule has 0 amide bonds. The van der Waals surface area contributed by atoms with E-state index >= 15 is 0 Å². The van der Waals surface area contributed by atoms with Crippen molar-refractivity contribution in [2.45, 2.75) is 51.4 Å². The van der Waals surface area contributed by atoms with Gasteiger partial charge >= 0.3 is 0 Å². The van der Waals surface area contributed by atoms with Gasteiger partial charge in [0.1, 0.15) is 0 Å². The third-order valence-corrected chi connectivity index (χ3v) is 3.37. The van der Waals surface area contributed by atoms with Gasteiger partial charge in [-0.25, -0.2) is 0 Å². The number of aryl methyl sites for hydroxylation is 1. The van der Waals surface area contributed by atoms with Gasteiger partial charge in [0.05, 0.1) is 0 Å². The maximum Gasteiger partial charge on any atom is -0.0159 e. The van der Waals surface area contributed by atoms with Gasteiger partial charge in [0.15, 0.2) is 0 Å². The van der Waals surface area contributed by atoms with Gasteiger partial charge in [0, 0.05) is 0 Å². The highest BCUT2D eigenvalue weighted by atomic mass is 35.5. The van der Waals surface area contributed by atoms with Crippen LogP contribution in [0.25, 0.3) is 0 Å². The molecular formula is C14H21Cl. The molecule has 2 rings (SSSR count). The summed E-state index contributed by atoms with van der Waals surface area (Å²) in [4.78, 5) is 0. The Hall–Kier alpha value is -0.490. The van der Waals surface area contributed by atoms with Crippen molar-refractivity contribution >= 4 is 12.4 Å². The van der Waals surface area contributed by atoms with E-state index < -0.39 is 0 Å². The first-order valence-corrected chi connectivity index (χ1v) is 5.99. The molecule has 1 fully saturated rings. The fourth-order valence-electron chi connectivity index (χ4n) is 2.67. The third-order valence-electron chi connectivity index (χ3n) is 3.37. The molecule has 0 spiro atoms. The van der Waals surface area contributed by atoms with Crippen molar-refractivity contribution in [3.63, 3.8) is 0 Å². The van der Waals surface area contributed by atoms with Gasteiger partial charge in [-0.2, -0.15) is 0 Å². The van der Waals surface area contributed by atoms with Crippen LogP contribution >= 0.6 is 12.4 Å². The minimum Gasteiger partial charge on any atom is -0.147 e. The predicted octanol–water partition coefficient (Wildman–Crippen LogP) is 4.72. The second kappa shape index (κ2) is 6.17. The highest BCUT2D eigenvalue weighted by molar-refractivity contribution is 5.85. The fraction of sp³-hybridized carbons (Fsp3) is 0.571. The van der Waals surface area contributed by atoms with Crippen molar-refractivity contribution in [3.8, 4) is 0 Å². The Balaban J connectivity index is 0.00000112. The summed E-state index contributed by atoms with van der Waals surface area (Å²) >= 11 is 0. The van der Waals surface area contributed by atoms with Crippen LogP contribution in [0.15, 0.2) is 24.3 Å². The van der Waals surface area contributed by atoms with E-state index in [0.29, 0.717) is 0 Å². The Morgan fingerprint density at radius 1 is 1.13 bits per heavy atom. The molecule has 84 valence electrons. The van der Waals surface area contributed by atoms with E-state index in [2.05, 4.69) is 31.2 Å². The van der Waals surface area contributed by atoms with E-state index in [-0.39, 0.29) is 12.4 Å². The van der Waals surface area contributed by atoms with Crippen molar-refractivity contribution < 1.29 is 0 Å². The molecule has 1 aromatic rings. The number of rotatable bonds is 3. The van der Waals surface area contributed by atoms with Crippen LogP contribution < -0.4 is 0 Å². The molecule has 0 saturated heterocycles. The molecule has 1 saturated carbocycles. The van der Waals surface area contributed by atoms with Crippen LogP contribution in [-0.2, 0) is 6.42 Å². The summed E-state index contributed by atoms with van der Waals surface area (Å²) in [6, 6.07) is 9.05. The topological polar surface area (TPSA) is 0 Å². The van der Waals surface area contributed by atoms with Gasteiger partial charge in [-0.05, 0) is 36.3 Å². The third kappa shape index (κ3) is 2.98. The van der Waals surface area contributed by atoms with Crippen LogP contribution in [0, 0.1) is 0 Å². The Kier molecular flexibility index (Phi) is 5.17. The summed E-state index contributed by atoms with van der Waals surface area (Å²) < 4.78 is 0. The Morgan fingerprint density at radius 2 is 1.80 bits per heavy atom. The quantitative estimate of drug-likeness (QED) is 0.697. The Morgan fingerprint density at radius 3 is 2.47 bits per heavy atom. The Bertz CT molecular complexity index is 287. The summed E-state index contributed by atoms with van der Waals surface area (Å²) in [6.45, 7) is 2.27. The van der Waals surface area contributed by atoms with Gasteiger partial charge < -0.3 is 0 Å². The lowest BCUT2D eigenvalue weighted by Gasteiger charge is -2.14. The lowest BCUT2D eigenvalue weighted by Crippen LogP contribution is -1.98. The first kappa shape index (κ1) is 12.6. The zero-order valence-electron chi connectivity index (χ0n) is 9.54. The van der Waals surface area contributed by atoms with Gasteiger partial charge in [-0.15, -0.1) is 12.4 Å². The summed E-state index contributed by atoms with van der Waals surface area (Å²) in [5, 5.41) is 0. The molecule has 1 aromatic carbocycles. The molecule has 0 aliphatic heterocycles. The van der Waals surface area contributed by atoms with E-state index in [1.807, 2.05) is 0 Å². The molecule has 1 heteroatoms. The average molecular weight is 225 g/mol. The summed E-state index contributed by atoms with van der Waals surface area (Å²) in [6.07, 6.45) is 8.23. The molecule has 0 aromatic heterocycles. The molecule has 0 heterocycles. The second-order valence-corrected chi connectivity index (χ2v) is 4.43. The molecule has 0 radical (unpaired) electrons. The van der Waals surface area contributed by atoms with Crippen molar-refractivity contribution in [3.05, 3.63) is 35.4 Å². The first-order valence-electron chi connectivity index (χ1n) is 5.99.